The second kappa shape index (κ2) is 5.91. The summed E-state index contributed by atoms with van der Waals surface area (Å²) in [5.41, 5.74) is 1.61. The Balaban J connectivity index is 1.88. The molecule has 0 aliphatic carbocycles. The van der Waals surface area contributed by atoms with Gasteiger partial charge in [0, 0.05) is 5.69 Å². The molecule has 2 rings (SSSR count). The maximum Gasteiger partial charge on any atom is 0.262 e. The molecule has 2 aromatic rings. The van der Waals surface area contributed by atoms with E-state index in [2.05, 4.69) is 5.32 Å². The largest absolute Gasteiger partial charge is 0.508 e. The lowest BCUT2D eigenvalue weighted by Crippen LogP contribution is -2.20. The fraction of sp³-hybridized carbons (Fsp3) is 0.133. The van der Waals surface area contributed by atoms with E-state index in [1.54, 1.807) is 12.1 Å². The van der Waals surface area contributed by atoms with Crippen molar-refractivity contribution in [1.82, 2.24) is 0 Å². The van der Waals surface area contributed by atoms with Gasteiger partial charge in [-0.2, -0.15) is 0 Å². The highest BCUT2D eigenvalue weighted by atomic mass is 16.5. The number of anilines is 1. The lowest BCUT2D eigenvalue weighted by atomic mass is 10.2. The molecule has 0 aliphatic rings. The van der Waals surface area contributed by atoms with Crippen LogP contribution in [0, 0.1) is 6.92 Å². The summed E-state index contributed by atoms with van der Waals surface area (Å²) in [6, 6.07) is 13.8. The topological polar surface area (TPSA) is 58.6 Å². The smallest absolute Gasteiger partial charge is 0.262 e. The summed E-state index contributed by atoms with van der Waals surface area (Å²) in [5.74, 6) is 0.617. The number of amides is 1. The number of phenolic OH excluding ortho intramolecular Hbond substituents is 1. The number of rotatable bonds is 4. The zero-order valence-corrected chi connectivity index (χ0v) is 10.6. The van der Waals surface area contributed by atoms with E-state index in [1.807, 2.05) is 31.2 Å². The zero-order chi connectivity index (χ0) is 13.7. The van der Waals surface area contributed by atoms with E-state index >= 15 is 0 Å². The predicted octanol–water partition coefficient (Wildman–Crippen LogP) is 2.72. The Morgan fingerprint density at radius 3 is 2.53 bits per heavy atom. The van der Waals surface area contributed by atoms with Crippen molar-refractivity contribution >= 4 is 11.6 Å². The van der Waals surface area contributed by atoms with Crippen LogP contribution in [-0.2, 0) is 4.79 Å². The lowest BCUT2D eigenvalue weighted by molar-refractivity contribution is -0.118. The number of hydrogen-bond acceptors (Lipinski definition) is 3. The molecule has 0 heterocycles. The van der Waals surface area contributed by atoms with Crippen LogP contribution >= 0.6 is 0 Å². The van der Waals surface area contributed by atoms with Crippen molar-refractivity contribution in [3.05, 3.63) is 54.1 Å². The second-order valence-corrected chi connectivity index (χ2v) is 4.15. The SMILES string of the molecule is Cc1ccccc1OCC(=O)Nc1ccc(O)cc1. The number of aromatic hydroxyl groups is 1. The molecule has 0 aliphatic heterocycles. The van der Waals surface area contributed by atoms with Crippen LogP contribution in [0.4, 0.5) is 5.69 Å². The van der Waals surface area contributed by atoms with Gasteiger partial charge in [-0.1, -0.05) is 18.2 Å². The molecular weight excluding hydrogens is 242 g/mol. The van der Waals surface area contributed by atoms with E-state index in [1.165, 1.54) is 12.1 Å². The van der Waals surface area contributed by atoms with Crippen LogP contribution in [0.2, 0.25) is 0 Å². The van der Waals surface area contributed by atoms with Crippen LogP contribution in [0.25, 0.3) is 0 Å². The minimum absolute atomic E-state index is 0.0499. The summed E-state index contributed by atoms with van der Waals surface area (Å²) >= 11 is 0. The van der Waals surface area contributed by atoms with Gasteiger partial charge in [0.1, 0.15) is 11.5 Å². The first-order valence-electron chi connectivity index (χ1n) is 5.92. The molecule has 0 aromatic heterocycles. The number of nitrogens with one attached hydrogen (secondary N) is 1. The van der Waals surface area contributed by atoms with Gasteiger partial charge >= 0.3 is 0 Å². The average molecular weight is 257 g/mol. The first-order chi connectivity index (χ1) is 9.15. The van der Waals surface area contributed by atoms with Crippen molar-refractivity contribution in [2.24, 2.45) is 0 Å². The highest BCUT2D eigenvalue weighted by Gasteiger charge is 2.05. The fourth-order valence-electron chi connectivity index (χ4n) is 1.60. The predicted molar refractivity (Wildman–Crippen MR) is 73.4 cm³/mol. The molecule has 0 fully saturated rings. The molecule has 0 spiro atoms. The Bertz CT molecular complexity index is 564. The Hall–Kier alpha value is -2.49. The molecule has 0 unspecified atom stereocenters. The van der Waals surface area contributed by atoms with Crippen molar-refractivity contribution in [3.8, 4) is 11.5 Å². The first-order valence-corrected chi connectivity index (χ1v) is 5.92. The summed E-state index contributed by atoms with van der Waals surface area (Å²) in [7, 11) is 0. The Morgan fingerprint density at radius 1 is 1.16 bits per heavy atom. The third-order valence-corrected chi connectivity index (χ3v) is 2.60. The molecule has 2 N–H and O–H groups in total. The molecule has 0 atom stereocenters. The van der Waals surface area contributed by atoms with Gasteiger partial charge in [-0.05, 0) is 42.8 Å². The van der Waals surface area contributed by atoms with Crippen LogP contribution in [0.3, 0.4) is 0 Å². The van der Waals surface area contributed by atoms with E-state index in [0.29, 0.717) is 11.4 Å². The summed E-state index contributed by atoms with van der Waals surface area (Å²) in [6.07, 6.45) is 0. The van der Waals surface area contributed by atoms with Crippen LogP contribution < -0.4 is 10.1 Å². The molecule has 98 valence electrons. The Labute approximate surface area is 111 Å². The summed E-state index contributed by atoms with van der Waals surface area (Å²) in [4.78, 5) is 11.7. The minimum Gasteiger partial charge on any atom is -0.508 e. The van der Waals surface area contributed by atoms with Crippen LogP contribution in [-0.4, -0.2) is 17.6 Å². The molecule has 2 aromatic carbocycles. The van der Waals surface area contributed by atoms with E-state index in [-0.39, 0.29) is 18.3 Å². The average Bonchev–Trinajstić information content (AvgIpc) is 2.40. The number of carbonyl (C=O) groups excluding carboxylic acids is 1. The van der Waals surface area contributed by atoms with Gasteiger partial charge in [0.15, 0.2) is 6.61 Å². The molecule has 4 heteroatoms. The van der Waals surface area contributed by atoms with Crippen LogP contribution in [0.15, 0.2) is 48.5 Å². The number of para-hydroxylation sites is 1. The number of hydrogen-bond donors (Lipinski definition) is 2. The molecule has 0 saturated heterocycles. The summed E-state index contributed by atoms with van der Waals surface area (Å²) < 4.78 is 5.43. The molecule has 4 nitrogen and oxygen atoms in total. The number of phenols is 1. The molecule has 19 heavy (non-hydrogen) atoms. The van der Waals surface area contributed by atoms with Crippen molar-refractivity contribution in [3.63, 3.8) is 0 Å². The standard InChI is InChI=1S/C15H15NO3/c1-11-4-2-3-5-14(11)19-10-15(18)16-12-6-8-13(17)9-7-12/h2-9,17H,10H2,1H3,(H,16,18). The number of carbonyl (C=O) groups is 1. The summed E-state index contributed by atoms with van der Waals surface area (Å²) in [6.45, 7) is 1.87. The van der Waals surface area contributed by atoms with Gasteiger partial charge < -0.3 is 15.2 Å². The van der Waals surface area contributed by atoms with Gasteiger partial charge in [0.25, 0.3) is 5.91 Å². The lowest BCUT2D eigenvalue weighted by Gasteiger charge is -2.09. The maximum atomic E-state index is 11.7. The first kappa shape index (κ1) is 13.0. The van der Waals surface area contributed by atoms with Crippen molar-refractivity contribution in [1.29, 1.82) is 0 Å². The van der Waals surface area contributed by atoms with Gasteiger partial charge in [0.05, 0.1) is 0 Å². The second-order valence-electron chi connectivity index (χ2n) is 4.15. The monoisotopic (exact) mass is 257 g/mol. The van der Waals surface area contributed by atoms with Crippen molar-refractivity contribution in [2.75, 3.05) is 11.9 Å². The molecule has 1 amide bonds. The number of benzene rings is 2. The third kappa shape index (κ3) is 3.74. The number of ether oxygens (including phenoxy) is 1. The minimum atomic E-state index is -0.242. The summed E-state index contributed by atoms with van der Waals surface area (Å²) in [5, 5.41) is 11.8. The van der Waals surface area contributed by atoms with Gasteiger partial charge in [-0.3, -0.25) is 4.79 Å². The van der Waals surface area contributed by atoms with Gasteiger partial charge in [-0.25, -0.2) is 0 Å². The van der Waals surface area contributed by atoms with Crippen LogP contribution in [0.1, 0.15) is 5.56 Å². The Morgan fingerprint density at radius 2 is 1.84 bits per heavy atom. The van der Waals surface area contributed by atoms with Crippen molar-refractivity contribution < 1.29 is 14.6 Å². The van der Waals surface area contributed by atoms with Crippen molar-refractivity contribution in [2.45, 2.75) is 6.92 Å². The third-order valence-electron chi connectivity index (χ3n) is 2.60. The highest BCUT2D eigenvalue weighted by Crippen LogP contribution is 2.16. The molecule has 0 saturated carbocycles. The van der Waals surface area contributed by atoms with Crippen LogP contribution in [0.5, 0.6) is 11.5 Å². The van der Waals surface area contributed by atoms with Gasteiger partial charge in [0.2, 0.25) is 0 Å². The fourth-order valence-corrected chi connectivity index (χ4v) is 1.60. The Kier molecular flexibility index (Phi) is 4.03. The quantitative estimate of drug-likeness (QED) is 0.828. The molecule has 0 radical (unpaired) electrons. The number of aryl methyl sites for hydroxylation is 1. The normalized spacial score (nSPS) is 9.95. The molecular formula is C15H15NO3. The zero-order valence-electron chi connectivity index (χ0n) is 10.6. The highest BCUT2D eigenvalue weighted by molar-refractivity contribution is 5.91. The molecule has 0 bridgehead atoms. The maximum absolute atomic E-state index is 11.7. The van der Waals surface area contributed by atoms with E-state index in [0.717, 1.165) is 5.56 Å². The van der Waals surface area contributed by atoms with E-state index < -0.39 is 0 Å². The van der Waals surface area contributed by atoms with E-state index in [9.17, 15) is 4.79 Å². The van der Waals surface area contributed by atoms with E-state index in [4.69, 9.17) is 9.84 Å². The van der Waals surface area contributed by atoms with Gasteiger partial charge in [-0.15, -0.1) is 0 Å².